The van der Waals surface area contributed by atoms with Crippen LogP contribution in [0, 0.1) is 0 Å². The van der Waals surface area contributed by atoms with E-state index in [1.807, 2.05) is 36.4 Å². The van der Waals surface area contributed by atoms with Crippen molar-refractivity contribution in [2.24, 2.45) is 4.99 Å². The molecule has 0 aromatic heterocycles. The Morgan fingerprint density at radius 1 is 0.926 bits per heavy atom. The highest BCUT2D eigenvalue weighted by Gasteiger charge is 2.14. The van der Waals surface area contributed by atoms with Crippen LogP contribution in [0.15, 0.2) is 65.7 Å². The number of rotatable bonds is 9. The van der Waals surface area contributed by atoms with E-state index < -0.39 is 10.0 Å². The molecule has 7 heteroatoms. The minimum Gasteiger partial charge on any atom is -0.355 e. The summed E-state index contributed by atoms with van der Waals surface area (Å²) in [5.41, 5.74) is 2.45. The monoisotopic (exact) mass is 388 g/mol. The molecule has 0 fully saturated rings. The minimum atomic E-state index is -3.17. The highest BCUT2D eigenvalue weighted by atomic mass is 32.2. The highest BCUT2D eigenvalue weighted by Crippen LogP contribution is 2.23. The molecule has 0 aliphatic carbocycles. The number of aliphatic imine (C=N–C) groups is 1. The molecule has 3 N–H and O–H groups in total. The van der Waals surface area contributed by atoms with Gasteiger partial charge in [0.2, 0.25) is 10.0 Å². The number of hydrogen-bond donors (Lipinski definition) is 3. The van der Waals surface area contributed by atoms with Crippen LogP contribution in [0.5, 0.6) is 0 Å². The van der Waals surface area contributed by atoms with E-state index in [-0.39, 0.29) is 11.7 Å². The van der Waals surface area contributed by atoms with Crippen molar-refractivity contribution in [3.8, 4) is 0 Å². The Kier molecular flexibility index (Phi) is 8.29. The van der Waals surface area contributed by atoms with E-state index in [9.17, 15) is 8.42 Å². The molecule has 2 aromatic rings. The normalized spacial score (nSPS) is 12.2. The number of nitrogens with one attached hydrogen (secondary N) is 3. The Labute approximate surface area is 162 Å². The van der Waals surface area contributed by atoms with Crippen molar-refractivity contribution in [1.29, 1.82) is 0 Å². The van der Waals surface area contributed by atoms with Gasteiger partial charge in [0.05, 0.1) is 5.75 Å². The molecular weight excluding hydrogens is 360 g/mol. The molecule has 0 saturated carbocycles. The minimum absolute atomic E-state index is 0.0792. The molecule has 27 heavy (non-hydrogen) atoms. The number of benzene rings is 2. The molecule has 0 spiro atoms. The zero-order valence-electron chi connectivity index (χ0n) is 15.9. The van der Waals surface area contributed by atoms with E-state index in [1.165, 1.54) is 11.1 Å². The first-order valence-corrected chi connectivity index (χ1v) is 10.7. The lowest BCUT2D eigenvalue weighted by Crippen LogP contribution is -2.43. The molecular formula is C20H28N4O2S. The zero-order valence-corrected chi connectivity index (χ0v) is 16.7. The fourth-order valence-corrected chi connectivity index (χ4v) is 3.32. The fourth-order valence-electron chi connectivity index (χ4n) is 2.71. The predicted molar refractivity (Wildman–Crippen MR) is 112 cm³/mol. The number of hydrogen-bond acceptors (Lipinski definition) is 3. The first-order chi connectivity index (χ1) is 13.1. The van der Waals surface area contributed by atoms with Crippen LogP contribution in [0.4, 0.5) is 0 Å². The predicted octanol–water partition coefficient (Wildman–Crippen LogP) is 1.92. The van der Waals surface area contributed by atoms with E-state index in [0.717, 1.165) is 0 Å². The summed E-state index contributed by atoms with van der Waals surface area (Å²) in [4.78, 5) is 4.22. The van der Waals surface area contributed by atoms with E-state index in [4.69, 9.17) is 0 Å². The summed E-state index contributed by atoms with van der Waals surface area (Å²) in [7, 11) is -1.47. The van der Waals surface area contributed by atoms with Crippen molar-refractivity contribution in [1.82, 2.24) is 15.4 Å². The van der Waals surface area contributed by atoms with Gasteiger partial charge in [-0.15, -0.1) is 0 Å². The van der Waals surface area contributed by atoms with Crippen molar-refractivity contribution in [2.75, 3.05) is 32.4 Å². The standard InChI is InChI=1S/C20H28N4O2S/c1-3-27(25,26)24-15-14-22-20(21-2)23-16-19(17-10-6-4-7-11-17)18-12-8-5-9-13-18/h4-13,19,24H,3,14-16H2,1-2H3,(H2,21,22,23). The van der Waals surface area contributed by atoms with E-state index in [1.54, 1.807) is 14.0 Å². The molecule has 0 amide bonds. The lowest BCUT2D eigenvalue weighted by atomic mass is 9.91. The Bertz CT molecular complexity index is 769. The van der Waals surface area contributed by atoms with E-state index >= 15 is 0 Å². The molecule has 0 atom stereocenters. The Hall–Kier alpha value is -2.38. The topological polar surface area (TPSA) is 82.6 Å². The van der Waals surface area contributed by atoms with Gasteiger partial charge in [-0.25, -0.2) is 13.1 Å². The van der Waals surface area contributed by atoms with Crippen molar-refractivity contribution >= 4 is 16.0 Å². The smallest absolute Gasteiger partial charge is 0.211 e. The van der Waals surface area contributed by atoms with Gasteiger partial charge in [0.15, 0.2) is 5.96 Å². The Balaban J connectivity index is 1.95. The van der Waals surface area contributed by atoms with Crippen molar-refractivity contribution < 1.29 is 8.42 Å². The van der Waals surface area contributed by atoms with E-state index in [2.05, 4.69) is 44.6 Å². The van der Waals surface area contributed by atoms with Crippen LogP contribution in [0.3, 0.4) is 0 Å². The van der Waals surface area contributed by atoms with Crippen LogP contribution in [0.2, 0.25) is 0 Å². The number of guanidine groups is 1. The third-order valence-corrected chi connectivity index (χ3v) is 5.62. The maximum Gasteiger partial charge on any atom is 0.211 e. The van der Waals surface area contributed by atoms with Gasteiger partial charge in [-0.2, -0.15) is 0 Å². The van der Waals surface area contributed by atoms with Gasteiger partial charge in [-0.3, -0.25) is 4.99 Å². The van der Waals surface area contributed by atoms with Crippen LogP contribution in [0.1, 0.15) is 24.0 Å². The van der Waals surface area contributed by atoms with Crippen molar-refractivity contribution in [3.63, 3.8) is 0 Å². The summed E-state index contributed by atoms with van der Waals surface area (Å²) in [6.45, 7) is 3.07. The first-order valence-electron chi connectivity index (χ1n) is 9.07. The molecule has 0 unspecified atom stereocenters. The van der Waals surface area contributed by atoms with Crippen LogP contribution in [0.25, 0.3) is 0 Å². The number of nitrogens with zero attached hydrogens (tertiary/aromatic N) is 1. The number of sulfonamides is 1. The summed E-state index contributed by atoms with van der Waals surface area (Å²) < 4.78 is 25.4. The van der Waals surface area contributed by atoms with Crippen LogP contribution >= 0.6 is 0 Å². The molecule has 2 aromatic carbocycles. The fraction of sp³-hybridized carbons (Fsp3) is 0.350. The molecule has 0 saturated heterocycles. The van der Waals surface area contributed by atoms with E-state index in [0.29, 0.717) is 25.6 Å². The summed E-state index contributed by atoms with van der Waals surface area (Å²) >= 11 is 0. The molecule has 0 aliphatic rings. The molecule has 0 bridgehead atoms. The highest BCUT2D eigenvalue weighted by molar-refractivity contribution is 7.89. The molecule has 0 radical (unpaired) electrons. The lowest BCUT2D eigenvalue weighted by molar-refractivity contribution is 0.581. The maximum atomic E-state index is 11.5. The van der Waals surface area contributed by atoms with Crippen molar-refractivity contribution in [2.45, 2.75) is 12.8 Å². The van der Waals surface area contributed by atoms with Gasteiger partial charge >= 0.3 is 0 Å². The van der Waals surface area contributed by atoms with Gasteiger partial charge in [0.1, 0.15) is 0 Å². The molecule has 0 aliphatic heterocycles. The van der Waals surface area contributed by atoms with Gasteiger partial charge < -0.3 is 10.6 Å². The van der Waals surface area contributed by atoms with Gasteiger partial charge in [0, 0.05) is 32.6 Å². The molecule has 0 heterocycles. The van der Waals surface area contributed by atoms with Gasteiger partial charge in [-0.1, -0.05) is 60.7 Å². The largest absolute Gasteiger partial charge is 0.355 e. The second kappa shape index (κ2) is 10.7. The average molecular weight is 389 g/mol. The molecule has 2 rings (SSSR count). The summed E-state index contributed by atoms with van der Waals surface area (Å²) in [6.07, 6.45) is 0. The van der Waals surface area contributed by atoms with Crippen LogP contribution < -0.4 is 15.4 Å². The van der Waals surface area contributed by atoms with Gasteiger partial charge in [0.25, 0.3) is 0 Å². The SMILES string of the molecule is CCS(=O)(=O)NCCNC(=NC)NCC(c1ccccc1)c1ccccc1. The average Bonchev–Trinajstić information content (AvgIpc) is 2.71. The molecule has 146 valence electrons. The maximum absolute atomic E-state index is 11.5. The Morgan fingerprint density at radius 3 is 1.96 bits per heavy atom. The molecule has 6 nitrogen and oxygen atoms in total. The summed E-state index contributed by atoms with van der Waals surface area (Å²) in [5.74, 6) is 0.905. The Morgan fingerprint density at radius 2 is 1.48 bits per heavy atom. The zero-order chi connectivity index (χ0) is 19.5. The lowest BCUT2D eigenvalue weighted by Gasteiger charge is -2.20. The summed E-state index contributed by atoms with van der Waals surface area (Å²) in [5, 5.41) is 6.48. The van der Waals surface area contributed by atoms with Gasteiger partial charge in [-0.05, 0) is 18.1 Å². The van der Waals surface area contributed by atoms with Crippen LogP contribution in [-0.4, -0.2) is 46.8 Å². The second-order valence-corrected chi connectivity index (χ2v) is 8.15. The third-order valence-electron chi connectivity index (χ3n) is 4.22. The third kappa shape index (κ3) is 7.03. The van der Waals surface area contributed by atoms with Crippen molar-refractivity contribution in [3.05, 3.63) is 71.8 Å². The van der Waals surface area contributed by atoms with Crippen LogP contribution in [-0.2, 0) is 10.0 Å². The second-order valence-electron chi connectivity index (χ2n) is 6.05. The summed E-state index contributed by atoms with van der Waals surface area (Å²) in [6, 6.07) is 20.7. The first kappa shape index (κ1) is 20.9. The quantitative estimate of drug-likeness (QED) is 0.348.